The molecule has 0 amide bonds. The third kappa shape index (κ3) is 2.16. The average molecular weight is 226 g/mol. The molecule has 0 radical (unpaired) electrons. The zero-order chi connectivity index (χ0) is 10.8. The number of ether oxygens (including phenoxy) is 1. The summed E-state index contributed by atoms with van der Waals surface area (Å²) in [6, 6.07) is 7.64. The summed E-state index contributed by atoms with van der Waals surface area (Å²) >= 11 is -2.17. The van der Waals surface area contributed by atoms with E-state index in [0.29, 0.717) is 0 Å². The highest BCUT2D eigenvalue weighted by atomic mass is 32.2. The van der Waals surface area contributed by atoms with Crippen molar-refractivity contribution in [3.05, 3.63) is 35.4 Å². The van der Waals surface area contributed by atoms with Crippen LogP contribution in [0, 0.1) is 6.92 Å². The van der Waals surface area contributed by atoms with Gasteiger partial charge in [0.15, 0.2) is 0 Å². The van der Waals surface area contributed by atoms with Crippen molar-refractivity contribution in [2.75, 3.05) is 0 Å². The second-order valence-electron chi connectivity index (χ2n) is 3.16. The quantitative estimate of drug-likeness (QED) is 0.703. The van der Waals surface area contributed by atoms with E-state index in [-0.39, 0.29) is 5.23 Å². The SMILES string of the molecule is Cc1ccc(C2NN=C(S(=O)O)O2)cc1. The molecule has 1 heterocycles. The number of nitrogens with zero attached hydrogens (tertiary/aromatic N) is 1. The third-order valence-electron chi connectivity index (χ3n) is 2.02. The van der Waals surface area contributed by atoms with Crippen LogP contribution in [0.2, 0.25) is 0 Å². The summed E-state index contributed by atoms with van der Waals surface area (Å²) in [5.41, 5.74) is 4.64. The largest absolute Gasteiger partial charge is 0.439 e. The van der Waals surface area contributed by atoms with Crippen LogP contribution >= 0.6 is 0 Å². The van der Waals surface area contributed by atoms with Gasteiger partial charge in [-0.05, 0) is 6.92 Å². The van der Waals surface area contributed by atoms with Gasteiger partial charge in [-0.2, -0.15) is 0 Å². The monoisotopic (exact) mass is 226 g/mol. The smallest absolute Gasteiger partial charge is 0.328 e. The van der Waals surface area contributed by atoms with Gasteiger partial charge in [-0.3, -0.25) is 9.98 Å². The lowest BCUT2D eigenvalue weighted by Crippen LogP contribution is -2.13. The van der Waals surface area contributed by atoms with Gasteiger partial charge in [0, 0.05) is 5.56 Å². The van der Waals surface area contributed by atoms with Crippen molar-refractivity contribution in [2.45, 2.75) is 13.2 Å². The van der Waals surface area contributed by atoms with E-state index >= 15 is 0 Å². The Labute approximate surface area is 89.4 Å². The topological polar surface area (TPSA) is 70.9 Å². The van der Waals surface area contributed by atoms with Gasteiger partial charge in [-0.25, -0.2) is 4.21 Å². The third-order valence-corrected chi connectivity index (χ3v) is 2.51. The highest BCUT2D eigenvalue weighted by molar-refractivity contribution is 7.95. The van der Waals surface area contributed by atoms with Crippen molar-refractivity contribution >= 4 is 16.3 Å². The summed E-state index contributed by atoms with van der Waals surface area (Å²) in [6.07, 6.45) is -0.475. The van der Waals surface area contributed by atoms with Gasteiger partial charge in [-0.15, -0.1) is 5.10 Å². The number of rotatable bonds is 1. The Morgan fingerprint density at radius 2 is 2.13 bits per heavy atom. The number of nitrogens with one attached hydrogen (secondary N) is 1. The Bertz CT molecular complexity index is 416. The van der Waals surface area contributed by atoms with Crippen LogP contribution in [0.15, 0.2) is 29.4 Å². The van der Waals surface area contributed by atoms with Crippen LogP contribution < -0.4 is 5.43 Å². The van der Waals surface area contributed by atoms with Gasteiger partial charge in [0.05, 0.1) is 0 Å². The molecule has 0 fully saturated rings. The van der Waals surface area contributed by atoms with E-state index in [0.717, 1.165) is 11.1 Å². The summed E-state index contributed by atoms with van der Waals surface area (Å²) in [7, 11) is 0. The Morgan fingerprint density at radius 1 is 1.47 bits per heavy atom. The second kappa shape index (κ2) is 4.00. The van der Waals surface area contributed by atoms with Crippen LogP contribution in [0.1, 0.15) is 17.4 Å². The lowest BCUT2D eigenvalue weighted by molar-refractivity contribution is 0.195. The van der Waals surface area contributed by atoms with Crippen LogP contribution in [0.4, 0.5) is 0 Å². The highest BCUT2D eigenvalue weighted by Gasteiger charge is 2.24. The molecule has 1 aliphatic heterocycles. The van der Waals surface area contributed by atoms with Crippen molar-refractivity contribution in [1.29, 1.82) is 0 Å². The number of hydrogen-bond acceptors (Lipinski definition) is 4. The van der Waals surface area contributed by atoms with E-state index in [2.05, 4.69) is 10.5 Å². The van der Waals surface area contributed by atoms with E-state index in [1.807, 2.05) is 31.2 Å². The molecular weight excluding hydrogens is 216 g/mol. The molecule has 0 bridgehead atoms. The fraction of sp³-hybridized carbons (Fsp3) is 0.222. The number of hydrogen-bond donors (Lipinski definition) is 2. The minimum atomic E-state index is -2.17. The molecule has 80 valence electrons. The van der Waals surface area contributed by atoms with Crippen molar-refractivity contribution in [2.24, 2.45) is 5.10 Å². The Kier molecular flexibility index (Phi) is 2.70. The van der Waals surface area contributed by atoms with Crippen molar-refractivity contribution < 1.29 is 13.5 Å². The molecule has 0 saturated heterocycles. The summed E-state index contributed by atoms with van der Waals surface area (Å²) in [5, 5.41) is 3.42. The second-order valence-corrected chi connectivity index (χ2v) is 4.01. The van der Waals surface area contributed by atoms with E-state index in [9.17, 15) is 4.21 Å². The molecule has 6 heteroatoms. The lowest BCUT2D eigenvalue weighted by Gasteiger charge is -2.10. The first-order valence-electron chi connectivity index (χ1n) is 4.34. The fourth-order valence-corrected chi connectivity index (χ4v) is 1.54. The molecule has 0 aromatic heterocycles. The molecular formula is C9H10N2O3S. The maximum Gasteiger partial charge on any atom is 0.328 e. The Morgan fingerprint density at radius 3 is 2.67 bits per heavy atom. The van der Waals surface area contributed by atoms with Crippen LogP contribution in [-0.2, 0) is 15.8 Å². The highest BCUT2D eigenvalue weighted by Crippen LogP contribution is 2.19. The number of benzene rings is 1. The predicted molar refractivity (Wildman–Crippen MR) is 56.3 cm³/mol. The molecule has 15 heavy (non-hydrogen) atoms. The summed E-state index contributed by atoms with van der Waals surface area (Å²) in [4.78, 5) is 0. The zero-order valence-corrected chi connectivity index (χ0v) is 8.82. The van der Waals surface area contributed by atoms with Crippen molar-refractivity contribution in [1.82, 2.24) is 5.43 Å². The molecule has 2 rings (SSSR count). The van der Waals surface area contributed by atoms with E-state index < -0.39 is 17.3 Å². The van der Waals surface area contributed by atoms with Crippen LogP contribution in [0.5, 0.6) is 0 Å². The molecule has 2 N–H and O–H groups in total. The number of hydrazone groups is 1. The van der Waals surface area contributed by atoms with Gasteiger partial charge in [-0.1, -0.05) is 29.8 Å². The number of aryl methyl sites for hydroxylation is 1. The molecule has 0 spiro atoms. The van der Waals surface area contributed by atoms with Gasteiger partial charge in [0.1, 0.15) is 0 Å². The van der Waals surface area contributed by atoms with E-state index in [4.69, 9.17) is 9.29 Å². The molecule has 1 aromatic rings. The summed E-state index contributed by atoms with van der Waals surface area (Å²) in [5.74, 6) is 0. The molecule has 5 nitrogen and oxygen atoms in total. The van der Waals surface area contributed by atoms with E-state index in [1.54, 1.807) is 0 Å². The normalized spacial score (nSPS) is 21.5. The standard InChI is InChI=1S/C9H10N2O3S/c1-6-2-4-7(5-3-6)8-10-11-9(14-8)15(12)13/h2-5,8,10H,1H3,(H,12,13). The maximum atomic E-state index is 10.6. The first kappa shape index (κ1) is 10.1. The first-order valence-corrected chi connectivity index (χ1v) is 5.45. The van der Waals surface area contributed by atoms with E-state index in [1.165, 1.54) is 0 Å². The van der Waals surface area contributed by atoms with Crippen molar-refractivity contribution in [3.8, 4) is 0 Å². The molecule has 0 aliphatic carbocycles. The molecule has 2 atom stereocenters. The van der Waals surface area contributed by atoms with Crippen molar-refractivity contribution in [3.63, 3.8) is 0 Å². The fourth-order valence-electron chi connectivity index (χ4n) is 1.23. The minimum Gasteiger partial charge on any atom is -0.439 e. The minimum absolute atomic E-state index is 0.194. The molecule has 2 unspecified atom stereocenters. The molecule has 1 aliphatic rings. The van der Waals surface area contributed by atoms with Crippen LogP contribution in [0.3, 0.4) is 0 Å². The Hall–Kier alpha value is -1.40. The van der Waals surface area contributed by atoms with Gasteiger partial charge in [0.25, 0.3) is 0 Å². The van der Waals surface area contributed by atoms with Gasteiger partial charge < -0.3 is 4.74 Å². The summed E-state index contributed by atoms with van der Waals surface area (Å²) in [6.45, 7) is 1.98. The summed E-state index contributed by atoms with van der Waals surface area (Å²) < 4.78 is 24.5. The van der Waals surface area contributed by atoms with Gasteiger partial charge >= 0.3 is 5.23 Å². The van der Waals surface area contributed by atoms with Crippen LogP contribution in [-0.4, -0.2) is 14.0 Å². The average Bonchev–Trinajstić information content (AvgIpc) is 2.68. The van der Waals surface area contributed by atoms with Crippen LogP contribution in [0.25, 0.3) is 0 Å². The van der Waals surface area contributed by atoms with Gasteiger partial charge in [0.2, 0.25) is 17.3 Å². The first-order chi connectivity index (χ1) is 7.16. The predicted octanol–water partition coefficient (Wildman–Crippen LogP) is 1.11. The molecule has 0 saturated carbocycles. The zero-order valence-electron chi connectivity index (χ0n) is 8.01. The molecule has 1 aromatic carbocycles. The maximum absolute atomic E-state index is 10.6. The lowest BCUT2D eigenvalue weighted by atomic mass is 10.1. The Balaban J connectivity index is 2.10.